The lowest BCUT2D eigenvalue weighted by molar-refractivity contribution is -0.129. The molecule has 0 aromatic heterocycles. The molecule has 3 nitrogen and oxygen atoms in total. The molecule has 1 saturated heterocycles. The second kappa shape index (κ2) is 6.98. The summed E-state index contributed by atoms with van der Waals surface area (Å²) in [6.07, 6.45) is 1.45. The van der Waals surface area contributed by atoms with Crippen LogP contribution in [0.5, 0.6) is 0 Å². The number of likely N-dealkylation sites (tertiary alicyclic amines) is 1. The van der Waals surface area contributed by atoms with E-state index < -0.39 is 0 Å². The number of hydrogen-bond acceptors (Lipinski definition) is 2. The van der Waals surface area contributed by atoms with E-state index in [0.717, 1.165) is 25.1 Å². The van der Waals surface area contributed by atoms with E-state index in [1.807, 2.05) is 29.2 Å². The Morgan fingerprint density at radius 1 is 1.50 bits per heavy atom. The summed E-state index contributed by atoms with van der Waals surface area (Å²) < 4.78 is 0. The van der Waals surface area contributed by atoms with Crippen molar-refractivity contribution in [3.05, 3.63) is 34.9 Å². The van der Waals surface area contributed by atoms with Crippen LogP contribution in [-0.4, -0.2) is 30.4 Å². The van der Waals surface area contributed by atoms with Crippen molar-refractivity contribution in [3.8, 4) is 0 Å². The maximum atomic E-state index is 12.0. The van der Waals surface area contributed by atoms with E-state index in [1.165, 1.54) is 0 Å². The van der Waals surface area contributed by atoms with Crippen LogP contribution < -0.4 is 5.73 Å². The molecule has 100 valence electrons. The lowest BCUT2D eigenvalue weighted by Crippen LogP contribution is -2.31. The van der Waals surface area contributed by atoms with Crippen LogP contribution in [0, 0.1) is 5.92 Å². The van der Waals surface area contributed by atoms with Crippen LogP contribution in [0.25, 0.3) is 0 Å². The van der Waals surface area contributed by atoms with Gasteiger partial charge in [0.05, 0.1) is 6.42 Å². The molecular weight excluding hydrogens is 271 g/mol. The first-order valence-corrected chi connectivity index (χ1v) is 6.29. The van der Waals surface area contributed by atoms with Gasteiger partial charge in [-0.2, -0.15) is 0 Å². The number of carbonyl (C=O) groups is 1. The number of nitrogens with two attached hydrogens (primary N) is 1. The number of rotatable bonds is 3. The van der Waals surface area contributed by atoms with E-state index in [-0.39, 0.29) is 18.3 Å². The average molecular weight is 289 g/mol. The van der Waals surface area contributed by atoms with Gasteiger partial charge >= 0.3 is 0 Å². The topological polar surface area (TPSA) is 46.3 Å². The van der Waals surface area contributed by atoms with Crippen molar-refractivity contribution >= 4 is 29.9 Å². The predicted molar refractivity (Wildman–Crippen MR) is 76.1 cm³/mol. The molecule has 1 aliphatic heterocycles. The molecule has 1 aromatic carbocycles. The minimum Gasteiger partial charge on any atom is -0.342 e. The Morgan fingerprint density at radius 2 is 2.28 bits per heavy atom. The average Bonchev–Trinajstić information content (AvgIpc) is 2.77. The van der Waals surface area contributed by atoms with Crippen LogP contribution in [-0.2, 0) is 11.2 Å². The quantitative estimate of drug-likeness (QED) is 0.926. The van der Waals surface area contributed by atoms with E-state index in [2.05, 4.69) is 0 Å². The number of halogens is 2. The van der Waals surface area contributed by atoms with Crippen LogP contribution in [0.3, 0.4) is 0 Å². The van der Waals surface area contributed by atoms with Crippen molar-refractivity contribution in [2.24, 2.45) is 11.7 Å². The van der Waals surface area contributed by atoms with Gasteiger partial charge in [-0.3, -0.25) is 4.79 Å². The molecule has 1 amide bonds. The molecule has 2 rings (SSSR count). The van der Waals surface area contributed by atoms with Crippen molar-refractivity contribution < 1.29 is 4.79 Å². The van der Waals surface area contributed by atoms with Gasteiger partial charge in [0.25, 0.3) is 0 Å². The lowest BCUT2D eigenvalue weighted by Gasteiger charge is -2.16. The standard InChI is InChI=1S/C13H17ClN2O.ClH/c14-12-3-1-2-10(6-12)7-13(17)16-5-4-11(8-15)9-16;/h1-3,6,11H,4-5,7-9,15H2;1H. The fourth-order valence-corrected chi connectivity index (χ4v) is 2.40. The van der Waals surface area contributed by atoms with E-state index in [9.17, 15) is 4.79 Å². The molecule has 1 unspecified atom stereocenters. The normalized spacial score (nSPS) is 18.6. The lowest BCUT2D eigenvalue weighted by atomic mass is 10.1. The first-order valence-electron chi connectivity index (χ1n) is 5.91. The monoisotopic (exact) mass is 288 g/mol. The summed E-state index contributed by atoms with van der Waals surface area (Å²) in [6, 6.07) is 7.46. The third-order valence-corrected chi connectivity index (χ3v) is 3.45. The van der Waals surface area contributed by atoms with Gasteiger partial charge in [-0.1, -0.05) is 23.7 Å². The Kier molecular flexibility index (Phi) is 5.93. The van der Waals surface area contributed by atoms with E-state index in [4.69, 9.17) is 17.3 Å². The Morgan fingerprint density at radius 3 is 2.89 bits per heavy atom. The Hall–Kier alpha value is -0.770. The molecule has 1 atom stereocenters. The van der Waals surface area contributed by atoms with Gasteiger partial charge in [-0.15, -0.1) is 12.4 Å². The molecular formula is C13H18Cl2N2O. The van der Waals surface area contributed by atoms with E-state index >= 15 is 0 Å². The number of hydrogen-bond donors (Lipinski definition) is 1. The largest absolute Gasteiger partial charge is 0.342 e. The third kappa shape index (κ3) is 3.87. The van der Waals surface area contributed by atoms with Crippen molar-refractivity contribution in [2.45, 2.75) is 12.8 Å². The number of benzene rings is 1. The highest BCUT2D eigenvalue weighted by atomic mass is 35.5. The van der Waals surface area contributed by atoms with Crippen LogP contribution in [0.4, 0.5) is 0 Å². The Bertz CT molecular complexity index is 412. The number of nitrogens with zero attached hydrogens (tertiary/aromatic N) is 1. The highest BCUT2D eigenvalue weighted by Gasteiger charge is 2.24. The zero-order valence-corrected chi connectivity index (χ0v) is 11.7. The summed E-state index contributed by atoms with van der Waals surface area (Å²) >= 11 is 5.89. The Labute approximate surface area is 119 Å². The Balaban J connectivity index is 0.00000162. The maximum absolute atomic E-state index is 12.0. The third-order valence-electron chi connectivity index (χ3n) is 3.22. The summed E-state index contributed by atoms with van der Waals surface area (Å²) in [7, 11) is 0. The van der Waals surface area contributed by atoms with Crippen LogP contribution >= 0.6 is 24.0 Å². The highest BCUT2D eigenvalue weighted by molar-refractivity contribution is 6.30. The minimum atomic E-state index is 0. The molecule has 0 saturated carbocycles. The summed E-state index contributed by atoms with van der Waals surface area (Å²) in [4.78, 5) is 13.9. The number of amides is 1. The van der Waals surface area contributed by atoms with Gasteiger partial charge in [0.15, 0.2) is 0 Å². The van der Waals surface area contributed by atoms with Gasteiger partial charge < -0.3 is 10.6 Å². The molecule has 5 heteroatoms. The smallest absolute Gasteiger partial charge is 0.227 e. The zero-order valence-electron chi connectivity index (χ0n) is 10.1. The molecule has 0 bridgehead atoms. The summed E-state index contributed by atoms with van der Waals surface area (Å²) in [5, 5.41) is 0.677. The molecule has 0 radical (unpaired) electrons. The number of carbonyl (C=O) groups excluding carboxylic acids is 1. The van der Waals surface area contributed by atoms with Crippen molar-refractivity contribution in [1.82, 2.24) is 4.90 Å². The van der Waals surface area contributed by atoms with Crippen LogP contribution in [0.15, 0.2) is 24.3 Å². The molecule has 2 N–H and O–H groups in total. The molecule has 0 aliphatic carbocycles. The van der Waals surface area contributed by atoms with Crippen LogP contribution in [0.2, 0.25) is 5.02 Å². The minimum absolute atomic E-state index is 0. The van der Waals surface area contributed by atoms with Crippen molar-refractivity contribution in [1.29, 1.82) is 0 Å². The van der Waals surface area contributed by atoms with Crippen molar-refractivity contribution in [3.63, 3.8) is 0 Å². The highest BCUT2D eigenvalue weighted by Crippen LogP contribution is 2.17. The second-order valence-electron chi connectivity index (χ2n) is 4.54. The van der Waals surface area contributed by atoms with Gasteiger partial charge in [-0.05, 0) is 36.6 Å². The SMILES string of the molecule is Cl.NCC1CCN(C(=O)Cc2cccc(Cl)c2)C1. The fourth-order valence-electron chi connectivity index (χ4n) is 2.18. The molecule has 1 heterocycles. The molecule has 1 aliphatic rings. The molecule has 18 heavy (non-hydrogen) atoms. The van der Waals surface area contributed by atoms with Crippen LogP contribution in [0.1, 0.15) is 12.0 Å². The first-order chi connectivity index (χ1) is 8.19. The molecule has 0 spiro atoms. The maximum Gasteiger partial charge on any atom is 0.227 e. The second-order valence-corrected chi connectivity index (χ2v) is 4.97. The molecule has 1 fully saturated rings. The fraction of sp³-hybridized carbons (Fsp3) is 0.462. The summed E-state index contributed by atoms with van der Waals surface area (Å²) in [5.41, 5.74) is 6.58. The van der Waals surface area contributed by atoms with Gasteiger partial charge in [-0.25, -0.2) is 0 Å². The van der Waals surface area contributed by atoms with Gasteiger partial charge in [0.1, 0.15) is 0 Å². The zero-order chi connectivity index (χ0) is 12.3. The summed E-state index contributed by atoms with van der Waals surface area (Å²) in [6.45, 7) is 2.30. The summed E-state index contributed by atoms with van der Waals surface area (Å²) in [5.74, 6) is 0.640. The van der Waals surface area contributed by atoms with E-state index in [1.54, 1.807) is 0 Å². The van der Waals surface area contributed by atoms with Gasteiger partial charge in [0.2, 0.25) is 5.91 Å². The molecule has 1 aromatic rings. The van der Waals surface area contributed by atoms with Gasteiger partial charge in [0, 0.05) is 18.1 Å². The first kappa shape index (κ1) is 15.3. The predicted octanol–water partition coefficient (Wildman–Crippen LogP) is 2.11. The van der Waals surface area contributed by atoms with E-state index in [0.29, 0.717) is 23.9 Å². The van der Waals surface area contributed by atoms with Crippen molar-refractivity contribution in [2.75, 3.05) is 19.6 Å².